The van der Waals surface area contributed by atoms with Crippen LogP contribution in [0.25, 0.3) is 0 Å². The number of anilines is 2. The van der Waals surface area contributed by atoms with Gasteiger partial charge in [0.15, 0.2) is 5.69 Å². The third-order valence-electron chi connectivity index (χ3n) is 3.44. The van der Waals surface area contributed by atoms with Gasteiger partial charge in [0.05, 0.1) is 5.69 Å². The number of carbonyl (C=O) groups excluding carboxylic acids is 1. The highest BCUT2D eigenvalue weighted by atomic mass is 19.1. The van der Waals surface area contributed by atoms with Crippen molar-refractivity contribution in [3.05, 3.63) is 83.6 Å². The van der Waals surface area contributed by atoms with E-state index in [-0.39, 0.29) is 23.7 Å². The van der Waals surface area contributed by atoms with Crippen molar-refractivity contribution in [1.82, 2.24) is 10.2 Å². The summed E-state index contributed by atoms with van der Waals surface area (Å²) in [7, 11) is 0. The SMILES string of the molecule is O=C(Nc1ccccc1F)c1ccc(NCc2ccccc2F)nn1. The number of para-hydroxylation sites is 1. The van der Waals surface area contributed by atoms with Crippen molar-refractivity contribution < 1.29 is 13.6 Å². The van der Waals surface area contributed by atoms with Gasteiger partial charge in [-0.15, -0.1) is 10.2 Å². The van der Waals surface area contributed by atoms with Gasteiger partial charge in [-0.2, -0.15) is 0 Å². The van der Waals surface area contributed by atoms with Crippen LogP contribution in [0.2, 0.25) is 0 Å². The largest absolute Gasteiger partial charge is 0.364 e. The van der Waals surface area contributed by atoms with Crippen molar-refractivity contribution in [2.24, 2.45) is 0 Å². The summed E-state index contributed by atoms with van der Waals surface area (Å²) < 4.78 is 27.1. The first kappa shape index (κ1) is 16.5. The van der Waals surface area contributed by atoms with E-state index in [9.17, 15) is 13.6 Å². The minimum absolute atomic E-state index is 0.0414. The van der Waals surface area contributed by atoms with Crippen LogP contribution in [-0.2, 0) is 6.54 Å². The fraction of sp³-hybridized carbons (Fsp3) is 0.0556. The number of benzene rings is 2. The Hall–Kier alpha value is -3.35. The van der Waals surface area contributed by atoms with Gasteiger partial charge in [-0.3, -0.25) is 4.79 Å². The van der Waals surface area contributed by atoms with Gasteiger partial charge < -0.3 is 10.6 Å². The number of nitrogens with zero attached hydrogens (tertiary/aromatic N) is 2. The summed E-state index contributed by atoms with van der Waals surface area (Å²) in [6.07, 6.45) is 0. The molecule has 1 amide bonds. The van der Waals surface area contributed by atoms with Crippen LogP contribution in [-0.4, -0.2) is 16.1 Å². The summed E-state index contributed by atoms with van der Waals surface area (Å²) in [5.74, 6) is -1.03. The minimum Gasteiger partial charge on any atom is -0.364 e. The molecule has 2 aromatic carbocycles. The van der Waals surface area contributed by atoms with Crippen LogP contribution in [0.5, 0.6) is 0 Å². The molecule has 2 N–H and O–H groups in total. The number of hydrogen-bond donors (Lipinski definition) is 2. The van der Waals surface area contributed by atoms with Gasteiger partial charge in [0.2, 0.25) is 0 Å². The first-order valence-electron chi connectivity index (χ1n) is 7.50. The summed E-state index contributed by atoms with van der Waals surface area (Å²) in [4.78, 5) is 12.1. The number of halogens is 2. The number of hydrogen-bond acceptors (Lipinski definition) is 4. The molecule has 0 saturated carbocycles. The summed E-state index contributed by atoms with van der Waals surface area (Å²) in [5, 5.41) is 13.0. The van der Waals surface area contributed by atoms with E-state index in [0.29, 0.717) is 11.4 Å². The van der Waals surface area contributed by atoms with Crippen LogP contribution < -0.4 is 10.6 Å². The first-order chi connectivity index (χ1) is 12.1. The van der Waals surface area contributed by atoms with E-state index in [1.165, 1.54) is 30.3 Å². The van der Waals surface area contributed by atoms with Crippen LogP contribution in [0.4, 0.5) is 20.3 Å². The molecule has 1 heterocycles. The van der Waals surface area contributed by atoms with Crippen molar-refractivity contribution in [3.8, 4) is 0 Å². The van der Waals surface area contributed by atoms with Crippen molar-refractivity contribution in [2.75, 3.05) is 10.6 Å². The average molecular weight is 340 g/mol. The normalized spacial score (nSPS) is 10.3. The Labute approximate surface area is 142 Å². The Morgan fingerprint density at radius 2 is 1.60 bits per heavy atom. The second-order valence-electron chi connectivity index (χ2n) is 5.18. The molecule has 7 heteroatoms. The Bertz CT molecular complexity index is 884. The molecule has 0 atom stereocenters. The molecule has 126 valence electrons. The average Bonchev–Trinajstić information content (AvgIpc) is 2.63. The molecule has 0 aliphatic rings. The lowest BCUT2D eigenvalue weighted by atomic mass is 10.2. The molecular formula is C18H14F2N4O. The predicted octanol–water partition coefficient (Wildman–Crippen LogP) is 3.62. The summed E-state index contributed by atoms with van der Waals surface area (Å²) in [5.41, 5.74) is 0.599. The van der Waals surface area contributed by atoms with E-state index in [0.717, 1.165) is 0 Å². The lowest BCUT2D eigenvalue weighted by Crippen LogP contribution is -2.15. The molecule has 0 aliphatic heterocycles. The van der Waals surface area contributed by atoms with Crippen LogP contribution in [0.1, 0.15) is 16.1 Å². The van der Waals surface area contributed by atoms with Gasteiger partial charge in [-0.05, 0) is 30.3 Å². The zero-order valence-corrected chi connectivity index (χ0v) is 13.0. The molecule has 25 heavy (non-hydrogen) atoms. The number of nitrogens with one attached hydrogen (secondary N) is 2. The second kappa shape index (κ2) is 7.48. The fourth-order valence-corrected chi connectivity index (χ4v) is 2.12. The standard InChI is InChI=1S/C18H14F2N4O/c19-13-6-2-1-5-12(13)11-21-17-10-9-16(23-24-17)18(25)22-15-8-4-3-7-14(15)20/h1-10H,11H2,(H,21,24)(H,22,25). The third kappa shape index (κ3) is 4.14. The maximum absolute atomic E-state index is 13.5. The highest BCUT2D eigenvalue weighted by molar-refractivity contribution is 6.02. The van der Waals surface area contributed by atoms with Gasteiger partial charge >= 0.3 is 0 Å². The van der Waals surface area contributed by atoms with Crippen molar-refractivity contribution in [2.45, 2.75) is 6.54 Å². The number of carbonyl (C=O) groups is 1. The van der Waals surface area contributed by atoms with Crippen molar-refractivity contribution in [3.63, 3.8) is 0 Å². The third-order valence-corrected chi connectivity index (χ3v) is 3.44. The van der Waals surface area contributed by atoms with E-state index in [1.807, 2.05) is 0 Å². The highest BCUT2D eigenvalue weighted by Crippen LogP contribution is 2.14. The smallest absolute Gasteiger partial charge is 0.276 e. The Morgan fingerprint density at radius 1 is 0.880 bits per heavy atom. The Morgan fingerprint density at radius 3 is 2.28 bits per heavy atom. The van der Waals surface area contributed by atoms with Crippen LogP contribution >= 0.6 is 0 Å². The summed E-state index contributed by atoms with van der Waals surface area (Å²) in [6.45, 7) is 0.238. The zero-order valence-electron chi connectivity index (χ0n) is 13.0. The van der Waals surface area contributed by atoms with Crippen molar-refractivity contribution >= 4 is 17.4 Å². The van der Waals surface area contributed by atoms with E-state index in [4.69, 9.17) is 0 Å². The van der Waals surface area contributed by atoms with Gasteiger partial charge in [0, 0.05) is 12.1 Å². The topological polar surface area (TPSA) is 66.9 Å². The molecule has 3 rings (SSSR count). The molecule has 0 saturated heterocycles. The maximum Gasteiger partial charge on any atom is 0.276 e. The number of rotatable bonds is 5. The molecule has 0 spiro atoms. The van der Waals surface area contributed by atoms with Gasteiger partial charge in [-0.25, -0.2) is 8.78 Å². The van der Waals surface area contributed by atoms with E-state index in [2.05, 4.69) is 20.8 Å². The molecule has 0 unspecified atom stereocenters. The highest BCUT2D eigenvalue weighted by Gasteiger charge is 2.11. The number of amides is 1. The van der Waals surface area contributed by atoms with E-state index < -0.39 is 11.7 Å². The molecule has 1 aromatic heterocycles. The first-order valence-corrected chi connectivity index (χ1v) is 7.50. The quantitative estimate of drug-likeness (QED) is 0.744. The molecule has 3 aromatic rings. The lowest BCUT2D eigenvalue weighted by Gasteiger charge is -2.07. The van der Waals surface area contributed by atoms with Crippen LogP contribution in [0.3, 0.4) is 0 Å². The van der Waals surface area contributed by atoms with Crippen molar-refractivity contribution in [1.29, 1.82) is 0 Å². The van der Waals surface area contributed by atoms with Gasteiger partial charge in [0.25, 0.3) is 5.91 Å². The minimum atomic E-state index is -0.571. The van der Waals surface area contributed by atoms with Crippen LogP contribution in [0, 0.1) is 11.6 Å². The van der Waals surface area contributed by atoms with E-state index >= 15 is 0 Å². The monoisotopic (exact) mass is 340 g/mol. The predicted molar refractivity (Wildman–Crippen MR) is 90.1 cm³/mol. The maximum atomic E-state index is 13.5. The lowest BCUT2D eigenvalue weighted by molar-refractivity contribution is 0.102. The molecule has 0 bridgehead atoms. The molecule has 5 nitrogen and oxygen atoms in total. The Kier molecular flexibility index (Phi) is 4.94. The second-order valence-corrected chi connectivity index (χ2v) is 5.18. The fourth-order valence-electron chi connectivity index (χ4n) is 2.12. The summed E-state index contributed by atoms with van der Waals surface area (Å²) >= 11 is 0. The molecule has 0 fully saturated rings. The van der Waals surface area contributed by atoms with E-state index in [1.54, 1.807) is 30.3 Å². The number of aromatic nitrogens is 2. The Balaban J connectivity index is 1.63. The van der Waals surface area contributed by atoms with Gasteiger partial charge in [0.1, 0.15) is 17.5 Å². The molecule has 0 aliphatic carbocycles. The summed E-state index contributed by atoms with van der Waals surface area (Å²) in [6, 6.07) is 15.2. The molecule has 0 radical (unpaired) electrons. The van der Waals surface area contributed by atoms with Crippen LogP contribution in [0.15, 0.2) is 60.7 Å². The zero-order chi connectivity index (χ0) is 17.6. The van der Waals surface area contributed by atoms with Gasteiger partial charge in [-0.1, -0.05) is 30.3 Å². The molecular weight excluding hydrogens is 326 g/mol.